The Balaban J connectivity index is 1.45. The summed E-state index contributed by atoms with van der Waals surface area (Å²) in [5.41, 5.74) is 1.28. The van der Waals surface area contributed by atoms with Crippen LogP contribution in [0.25, 0.3) is 10.8 Å². The van der Waals surface area contributed by atoms with E-state index in [4.69, 9.17) is 0 Å². The molecule has 2 amide bonds. The highest BCUT2D eigenvalue weighted by Crippen LogP contribution is 2.31. The normalized spacial score (nSPS) is 16.3. The molecule has 2 aromatic carbocycles. The molecule has 38 heavy (non-hydrogen) atoms. The highest BCUT2D eigenvalue weighted by atomic mass is 32.2. The van der Waals surface area contributed by atoms with Gasteiger partial charge in [-0.3, -0.25) is 14.5 Å². The number of piperidine rings is 1. The van der Waals surface area contributed by atoms with E-state index in [1.54, 1.807) is 0 Å². The fourth-order valence-corrected chi connectivity index (χ4v) is 5.73. The number of fused-ring (bicyclic) bond motifs is 1. The Bertz CT molecular complexity index is 1320. The summed E-state index contributed by atoms with van der Waals surface area (Å²) in [6, 6.07) is 14.9. The minimum Gasteiger partial charge on any atom is -0.351 e. The van der Waals surface area contributed by atoms with Crippen LogP contribution in [0.15, 0.2) is 53.9 Å². The Kier molecular flexibility index (Phi) is 10.8. The molecule has 1 atom stereocenters. The van der Waals surface area contributed by atoms with E-state index in [9.17, 15) is 26.4 Å². The van der Waals surface area contributed by atoms with E-state index < -0.39 is 32.5 Å². The summed E-state index contributed by atoms with van der Waals surface area (Å²) in [5.74, 6) is -0.952. The van der Waals surface area contributed by atoms with Gasteiger partial charge in [0.1, 0.15) is 0 Å². The Labute approximate surface area is 226 Å². The fraction of sp³-hybridized carbons (Fsp3) is 0.462. The minimum absolute atomic E-state index is 0.00185. The highest BCUT2D eigenvalue weighted by Gasteiger charge is 2.27. The van der Waals surface area contributed by atoms with E-state index in [0.29, 0.717) is 0 Å². The molecule has 0 saturated carbocycles. The highest BCUT2D eigenvalue weighted by molar-refractivity contribution is 7.93. The first-order valence-electron chi connectivity index (χ1n) is 12.5. The second kappa shape index (κ2) is 13.8. The summed E-state index contributed by atoms with van der Waals surface area (Å²) >= 11 is 0. The molecule has 2 aromatic rings. The molecule has 1 unspecified atom stereocenters. The monoisotopic (exact) mass is 564 g/mol. The van der Waals surface area contributed by atoms with Gasteiger partial charge in [-0.1, -0.05) is 48.5 Å². The molecule has 1 saturated heterocycles. The maximum atomic E-state index is 12.3. The van der Waals surface area contributed by atoms with Crippen molar-refractivity contribution in [3.63, 3.8) is 0 Å². The van der Waals surface area contributed by atoms with Crippen LogP contribution < -0.4 is 10.6 Å². The number of nitrogens with one attached hydrogen (secondary N) is 2. The summed E-state index contributed by atoms with van der Waals surface area (Å²) in [6.07, 6.45) is 3.96. The van der Waals surface area contributed by atoms with Gasteiger partial charge in [-0.25, -0.2) is 16.8 Å². The minimum atomic E-state index is -3.28. The van der Waals surface area contributed by atoms with E-state index in [0.717, 1.165) is 41.9 Å². The van der Waals surface area contributed by atoms with Crippen LogP contribution in [0.2, 0.25) is 0 Å². The lowest BCUT2D eigenvalue weighted by Gasteiger charge is -2.37. The number of amides is 2. The average Bonchev–Trinajstić information content (AvgIpc) is 2.88. The number of sulfone groups is 1. The van der Waals surface area contributed by atoms with Crippen LogP contribution in [0.5, 0.6) is 0 Å². The van der Waals surface area contributed by atoms with Crippen LogP contribution >= 0.6 is 0 Å². The van der Waals surface area contributed by atoms with Gasteiger partial charge in [0.2, 0.25) is 22.7 Å². The quantitative estimate of drug-likeness (QED) is 0.330. The number of likely N-dealkylation sites (tertiary alicyclic amines) is 1. The Morgan fingerprint density at radius 2 is 1.76 bits per heavy atom. The van der Waals surface area contributed by atoms with Gasteiger partial charge < -0.3 is 10.6 Å². The van der Waals surface area contributed by atoms with Crippen LogP contribution in [0.3, 0.4) is 0 Å². The maximum Gasteiger partial charge on any atom is 0.239 e. The first kappa shape index (κ1) is 29.8. The molecule has 0 radical (unpaired) electrons. The van der Waals surface area contributed by atoms with Gasteiger partial charge >= 0.3 is 0 Å². The van der Waals surface area contributed by atoms with Gasteiger partial charge in [-0.15, -0.1) is 0 Å². The molecule has 0 spiro atoms. The maximum absolute atomic E-state index is 12.3. The van der Waals surface area contributed by atoms with Crippen molar-refractivity contribution in [2.24, 2.45) is 5.92 Å². The third-order valence-corrected chi connectivity index (χ3v) is 8.16. The number of benzene rings is 2. The standard InChI is InChI=1S/C26H36N4O6S2/c1-20(23-10-5-8-22-7-3-4-9-24(22)23)29-14-11-21(12-15-29)18-30(37(33)34)19-26(32)28-17-25(31)27-13-6-16-38(2,35)36/h3-10,16,20-21,37H,11-15,17-19H2,1-2H3,(H,27,31)(H,28,32)/b16-6+. The Morgan fingerprint density at radius 3 is 2.45 bits per heavy atom. The topological polar surface area (TPSA) is 133 Å². The zero-order chi connectivity index (χ0) is 27.7. The molecule has 208 valence electrons. The van der Waals surface area contributed by atoms with Crippen molar-refractivity contribution >= 4 is 43.3 Å². The molecule has 0 aliphatic carbocycles. The van der Waals surface area contributed by atoms with E-state index in [1.165, 1.54) is 22.4 Å². The molecule has 0 aromatic heterocycles. The van der Waals surface area contributed by atoms with Crippen LogP contribution in [-0.4, -0.2) is 83.4 Å². The number of hydrogen-bond donors (Lipinski definition) is 3. The second-order valence-electron chi connectivity index (χ2n) is 9.59. The predicted octanol–water partition coefficient (Wildman–Crippen LogP) is 1.23. The zero-order valence-corrected chi connectivity index (χ0v) is 23.4. The summed E-state index contributed by atoms with van der Waals surface area (Å²) < 4.78 is 46.8. The summed E-state index contributed by atoms with van der Waals surface area (Å²) in [4.78, 5) is 26.5. The smallest absolute Gasteiger partial charge is 0.239 e. The molecule has 3 rings (SSSR count). The number of nitrogens with zero attached hydrogens (tertiary/aromatic N) is 2. The summed E-state index contributed by atoms with van der Waals surface area (Å²) in [7, 11) is -6.23. The van der Waals surface area contributed by atoms with Crippen LogP contribution in [0, 0.1) is 5.92 Å². The number of thiol groups is 1. The predicted molar refractivity (Wildman–Crippen MR) is 149 cm³/mol. The van der Waals surface area contributed by atoms with Crippen LogP contribution in [0.4, 0.5) is 0 Å². The van der Waals surface area contributed by atoms with Gasteiger partial charge in [-0.05, 0) is 55.1 Å². The van der Waals surface area contributed by atoms with Crippen molar-refractivity contribution in [1.82, 2.24) is 19.8 Å². The van der Waals surface area contributed by atoms with Crippen LogP contribution in [0.1, 0.15) is 31.4 Å². The molecule has 2 N–H and O–H groups in total. The third-order valence-electron chi connectivity index (χ3n) is 6.70. The van der Waals surface area contributed by atoms with Crippen molar-refractivity contribution < 1.29 is 26.4 Å². The van der Waals surface area contributed by atoms with Crippen molar-refractivity contribution in [1.29, 1.82) is 0 Å². The molecule has 1 heterocycles. The van der Waals surface area contributed by atoms with Crippen molar-refractivity contribution in [3.8, 4) is 0 Å². The van der Waals surface area contributed by atoms with Crippen molar-refractivity contribution in [2.45, 2.75) is 25.8 Å². The van der Waals surface area contributed by atoms with Crippen LogP contribution in [-0.2, 0) is 30.3 Å². The second-order valence-corrected chi connectivity index (χ2v) is 12.6. The Morgan fingerprint density at radius 1 is 1.08 bits per heavy atom. The number of rotatable bonds is 12. The van der Waals surface area contributed by atoms with Gasteiger partial charge in [0.25, 0.3) is 0 Å². The molecule has 0 bridgehead atoms. The number of hydrogen-bond acceptors (Lipinski definition) is 7. The molecule has 12 heteroatoms. The van der Waals surface area contributed by atoms with E-state index in [-0.39, 0.29) is 38.1 Å². The van der Waals surface area contributed by atoms with Crippen molar-refractivity contribution in [3.05, 3.63) is 59.5 Å². The van der Waals surface area contributed by atoms with Gasteiger partial charge in [0.05, 0.1) is 13.1 Å². The molecule has 1 aliphatic heterocycles. The lowest BCUT2D eigenvalue weighted by atomic mass is 9.93. The summed E-state index contributed by atoms with van der Waals surface area (Å²) in [5, 5.41) is 8.28. The fourth-order valence-electron chi connectivity index (χ4n) is 4.68. The number of carbonyl (C=O) groups is 2. The van der Waals surface area contributed by atoms with Gasteiger partial charge in [0.15, 0.2) is 9.84 Å². The van der Waals surface area contributed by atoms with E-state index in [1.807, 2.05) is 12.1 Å². The lowest BCUT2D eigenvalue weighted by Crippen LogP contribution is -2.44. The molecule has 1 aliphatic rings. The van der Waals surface area contributed by atoms with E-state index >= 15 is 0 Å². The van der Waals surface area contributed by atoms with Gasteiger partial charge in [-0.2, -0.15) is 4.31 Å². The molecule has 10 nitrogen and oxygen atoms in total. The summed E-state index contributed by atoms with van der Waals surface area (Å²) in [6.45, 7) is 3.43. The molecular formula is C26H36N4O6S2. The SMILES string of the molecule is CC(c1cccc2ccccc12)N1CCC(CN(CC(=O)NCC(=O)NC/C=C/S(C)(=O)=O)[SH](=O)=O)CC1. The average molecular weight is 565 g/mol. The first-order chi connectivity index (χ1) is 18.0. The number of carbonyl (C=O) groups excluding carboxylic acids is 2. The van der Waals surface area contributed by atoms with E-state index in [2.05, 4.69) is 52.8 Å². The van der Waals surface area contributed by atoms with Crippen molar-refractivity contribution in [2.75, 3.05) is 45.5 Å². The van der Waals surface area contributed by atoms with Gasteiger partial charge in [0, 0.05) is 30.8 Å². The Hall–Kier alpha value is -2.80. The largest absolute Gasteiger partial charge is 0.351 e. The molecular weight excluding hydrogens is 528 g/mol. The third kappa shape index (κ3) is 9.19. The lowest BCUT2D eigenvalue weighted by molar-refractivity contribution is -0.126. The first-order valence-corrected chi connectivity index (χ1v) is 15.6. The zero-order valence-electron chi connectivity index (χ0n) is 21.7. The molecule has 1 fully saturated rings.